The summed E-state index contributed by atoms with van der Waals surface area (Å²) in [6, 6.07) is 3.37. The number of carbonyl (C=O) groups excluding carboxylic acids is 1. The molecule has 0 radical (unpaired) electrons. The molecule has 0 amide bonds. The van der Waals surface area contributed by atoms with Crippen molar-refractivity contribution in [3.05, 3.63) is 44.4 Å². The molecule has 1 aliphatic carbocycles. The van der Waals surface area contributed by atoms with E-state index in [0.29, 0.717) is 23.2 Å². The molecule has 0 atom stereocenters. The molecule has 1 aliphatic rings. The van der Waals surface area contributed by atoms with Crippen LogP contribution in [0.5, 0.6) is 0 Å². The van der Waals surface area contributed by atoms with Gasteiger partial charge in [-0.2, -0.15) is 0 Å². The first-order valence-electron chi connectivity index (χ1n) is 10.5. The number of nitrogens with zero attached hydrogens (tertiary/aromatic N) is 3. The molecule has 3 aromatic heterocycles. The molecular formula is C22H27N3O4S2. The number of furan rings is 1. The largest absolute Gasteiger partial charge is 0.463 e. The van der Waals surface area contributed by atoms with Crippen molar-refractivity contribution < 1.29 is 13.9 Å². The Hall–Kier alpha value is -2.10. The molecule has 0 aromatic carbocycles. The fourth-order valence-electron chi connectivity index (χ4n) is 3.87. The highest BCUT2D eigenvalue weighted by molar-refractivity contribution is 7.98. The van der Waals surface area contributed by atoms with Crippen molar-refractivity contribution >= 4 is 39.3 Å². The Labute approximate surface area is 189 Å². The average Bonchev–Trinajstić information content (AvgIpc) is 3.37. The Morgan fingerprint density at radius 3 is 2.90 bits per heavy atom. The Kier molecular flexibility index (Phi) is 6.83. The molecular weight excluding hydrogens is 434 g/mol. The van der Waals surface area contributed by atoms with Gasteiger partial charge in [-0.3, -0.25) is 9.36 Å². The number of fused-ring (bicyclic) bond motifs is 3. The lowest BCUT2D eigenvalue weighted by Crippen LogP contribution is -2.25. The van der Waals surface area contributed by atoms with Crippen LogP contribution in [0.15, 0.2) is 26.5 Å². The molecule has 0 unspecified atom stereocenters. The highest BCUT2D eigenvalue weighted by Crippen LogP contribution is 2.35. The summed E-state index contributed by atoms with van der Waals surface area (Å²) in [6.07, 6.45) is 5.20. The van der Waals surface area contributed by atoms with Crippen LogP contribution < -0.4 is 5.56 Å². The number of hydrogen-bond acceptors (Lipinski definition) is 8. The van der Waals surface area contributed by atoms with Crippen LogP contribution >= 0.6 is 23.1 Å². The van der Waals surface area contributed by atoms with Crippen molar-refractivity contribution in [2.24, 2.45) is 0 Å². The van der Waals surface area contributed by atoms with E-state index in [0.717, 1.165) is 42.4 Å². The third-order valence-corrected chi connectivity index (χ3v) is 7.60. The average molecular weight is 462 g/mol. The van der Waals surface area contributed by atoms with E-state index in [4.69, 9.17) is 14.1 Å². The second-order valence-corrected chi connectivity index (χ2v) is 9.97. The first kappa shape index (κ1) is 22.1. The maximum absolute atomic E-state index is 13.5. The van der Waals surface area contributed by atoms with E-state index in [1.165, 1.54) is 35.7 Å². The molecule has 166 valence electrons. The summed E-state index contributed by atoms with van der Waals surface area (Å²) in [5, 5.41) is 1.52. The molecule has 0 bridgehead atoms. The zero-order valence-electron chi connectivity index (χ0n) is 18.1. The lowest BCUT2D eigenvalue weighted by molar-refractivity contribution is 0.0563. The predicted octanol–water partition coefficient (Wildman–Crippen LogP) is 3.96. The molecule has 4 rings (SSSR count). The molecule has 3 heterocycles. The van der Waals surface area contributed by atoms with Gasteiger partial charge in [-0.05, 0) is 70.4 Å². The third kappa shape index (κ3) is 4.73. The number of hydrogen-bond donors (Lipinski definition) is 0. The summed E-state index contributed by atoms with van der Waals surface area (Å²) in [5.41, 5.74) is 1.29. The van der Waals surface area contributed by atoms with Crippen molar-refractivity contribution in [3.63, 3.8) is 0 Å². The van der Waals surface area contributed by atoms with Crippen LogP contribution in [0.4, 0.5) is 0 Å². The lowest BCUT2D eigenvalue weighted by Gasteiger charge is -2.14. The molecule has 0 spiro atoms. The van der Waals surface area contributed by atoms with Crippen LogP contribution in [0.2, 0.25) is 0 Å². The minimum Gasteiger partial charge on any atom is -0.463 e. The standard InChI is InChI=1S/C22H27N3O4S2/c1-24(2)11-6-12-25-20(26)18-15-7-4-5-8-17(15)31-19(18)23-22(25)30-13-14-9-10-16(29-14)21(27)28-3/h9-10H,4-8,11-13H2,1-3H3. The first-order chi connectivity index (χ1) is 15.0. The van der Waals surface area contributed by atoms with E-state index >= 15 is 0 Å². The first-order valence-corrected chi connectivity index (χ1v) is 12.3. The number of aryl methyl sites for hydroxylation is 2. The number of carbonyl (C=O) groups is 1. The molecule has 0 N–H and O–H groups in total. The molecule has 0 aliphatic heterocycles. The number of aromatic nitrogens is 2. The summed E-state index contributed by atoms with van der Waals surface area (Å²) in [4.78, 5) is 34.3. The van der Waals surface area contributed by atoms with Gasteiger partial charge < -0.3 is 14.1 Å². The van der Waals surface area contributed by atoms with E-state index in [2.05, 4.69) is 4.90 Å². The number of esters is 1. The van der Waals surface area contributed by atoms with Gasteiger partial charge in [-0.1, -0.05) is 11.8 Å². The number of thioether (sulfide) groups is 1. The maximum atomic E-state index is 13.5. The number of rotatable bonds is 8. The molecule has 9 heteroatoms. The number of methoxy groups -OCH3 is 1. The van der Waals surface area contributed by atoms with Crippen LogP contribution in [-0.4, -0.2) is 48.2 Å². The molecule has 3 aromatic rings. The summed E-state index contributed by atoms with van der Waals surface area (Å²) in [6.45, 7) is 1.52. The Morgan fingerprint density at radius 1 is 1.32 bits per heavy atom. The molecule has 0 fully saturated rings. The van der Waals surface area contributed by atoms with E-state index < -0.39 is 5.97 Å². The highest BCUT2D eigenvalue weighted by Gasteiger charge is 2.22. The normalized spacial score (nSPS) is 13.7. The van der Waals surface area contributed by atoms with Crippen LogP contribution in [0, 0.1) is 0 Å². The van der Waals surface area contributed by atoms with E-state index in [1.807, 2.05) is 18.7 Å². The fraction of sp³-hybridized carbons (Fsp3) is 0.500. The summed E-state index contributed by atoms with van der Waals surface area (Å²) < 4.78 is 12.1. The van der Waals surface area contributed by atoms with Gasteiger partial charge >= 0.3 is 5.97 Å². The number of ether oxygens (including phenoxy) is 1. The lowest BCUT2D eigenvalue weighted by atomic mass is 9.97. The van der Waals surface area contributed by atoms with Crippen molar-refractivity contribution in [2.75, 3.05) is 27.7 Å². The van der Waals surface area contributed by atoms with Gasteiger partial charge in [0.25, 0.3) is 5.56 Å². The zero-order chi connectivity index (χ0) is 22.0. The van der Waals surface area contributed by atoms with Gasteiger partial charge in [-0.25, -0.2) is 9.78 Å². The van der Waals surface area contributed by atoms with Crippen molar-refractivity contribution in [2.45, 2.75) is 49.6 Å². The van der Waals surface area contributed by atoms with Crippen molar-refractivity contribution in [3.8, 4) is 0 Å². The van der Waals surface area contributed by atoms with Crippen molar-refractivity contribution in [1.82, 2.24) is 14.5 Å². The second-order valence-electron chi connectivity index (χ2n) is 7.95. The minimum absolute atomic E-state index is 0.0698. The van der Waals surface area contributed by atoms with Crippen molar-refractivity contribution in [1.29, 1.82) is 0 Å². The van der Waals surface area contributed by atoms with Crippen LogP contribution in [-0.2, 0) is 29.9 Å². The van der Waals surface area contributed by atoms with E-state index in [1.54, 1.807) is 23.5 Å². The highest BCUT2D eigenvalue weighted by atomic mass is 32.2. The van der Waals surface area contributed by atoms with Gasteiger partial charge in [0.2, 0.25) is 5.76 Å². The topological polar surface area (TPSA) is 77.6 Å². The molecule has 31 heavy (non-hydrogen) atoms. The van der Waals surface area contributed by atoms with Gasteiger partial charge in [0, 0.05) is 11.4 Å². The second kappa shape index (κ2) is 9.58. The van der Waals surface area contributed by atoms with E-state index in [9.17, 15) is 9.59 Å². The van der Waals surface area contributed by atoms with Gasteiger partial charge in [0.05, 0.1) is 18.2 Å². The monoisotopic (exact) mass is 461 g/mol. The minimum atomic E-state index is -0.499. The quantitative estimate of drug-likeness (QED) is 0.285. The summed E-state index contributed by atoms with van der Waals surface area (Å²) in [7, 11) is 5.39. The van der Waals surface area contributed by atoms with Gasteiger partial charge in [0.1, 0.15) is 10.6 Å². The van der Waals surface area contributed by atoms with E-state index in [-0.39, 0.29) is 11.3 Å². The van der Waals surface area contributed by atoms with Crippen LogP contribution in [0.3, 0.4) is 0 Å². The van der Waals surface area contributed by atoms with Crippen LogP contribution in [0.25, 0.3) is 10.2 Å². The SMILES string of the molecule is COC(=O)c1ccc(CSc2nc3sc4c(c3c(=O)n2CCCN(C)C)CCCC4)o1. The Balaban J connectivity index is 1.65. The predicted molar refractivity (Wildman–Crippen MR) is 123 cm³/mol. The molecule has 7 nitrogen and oxygen atoms in total. The molecule has 0 saturated heterocycles. The number of thiophene rings is 1. The van der Waals surface area contributed by atoms with Gasteiger partial charge in [0.15, 0.2) is 5.16 Å². The van der Waals surface area contributed by atoms with Gasteiger partial charge in [-0.15, -0.1) is 11.3 Å². The Bertz CT molecular complexity index is 1150. The zero-order valence-corrected chi connectivity index (χ0v) is 19.7. The summed E-state index contributed by atoms with van der Waals surface area (Å²) in [5.74, 6) is 0.801. The van der Waals surface area contributed by atoms with Crippen LogP contribution in [0.1, 0.15) is 46.0 Å². The smallest absolute Gasteiger partial charge is 0.373 e. The Morgan fingerprint density at radius 2 is 2.13 bits per heavy atom. The maximum Gasteiger partial charge on any atom is 0.373 e. The molecule has 0 saturated carbocycles. The fourth-order valence-corrected chi connectivity index (χ4v) is 6.10. The third-order valence-electron chi connectivity index (χ3n) is 5.42. The summed E-state index contributed by atoms with van der Waals surface area (Å²) >= 11 is 3.13.